The second-order valence-corrected chi connectivity index (χ2v) is 11.9. The molecule has 2 aliphatic rings. The fourth-order valence-corrected chi connectivity index (χ4v) is 4.69. The Hall–Kier alpha value is -1.72. The predicted molar refractivity (Wildman–Crippen MR) is 111 cm³/mol. The molecule has 1 amide bonds. The van der Waals surface area contributed by atoms with Crippen molar-refractivity contribution in [3.8, 4) is 0 Å². The van der Waals surface area contributed by atoms with E-state index in [1.165, 1.54) is 17.3 Å². The van der Waals surface area contributed by atoms with Gasteiger partial charge in [-0.15, -0.1) is 0 Å². The lowest BCUT2D eigenvalue weighted by Gasteiger charge is -2.32. The molecule has 3 rings (SSSR count). The van der Waals surface area contributed by atoms with Crippen LogP contribution in [0.15, 0.2) is 17.6 Å². The smallest absolute Gasteiger partial charge is 0.444 e. The molecule has 0 aromatic carbocycles. The highest BCUT2D eigenvalue weighted by atomic mass is 32.2. The second-order valence-electron chi connectivity index (χ2n) is 9.77. The number of carbonyl (C=O) groups is 1. The van der Waals surface area contributed by atoms with Gasteiger partial charge in [-0.05, 0) is 54.9 Å². The Bertz CT molecular complexity index is 895. The molecular weight excluding hydrogens is 409 g/mol. The summed E-state index contributed by atoms with van der Waals surface area (Å²) in [6, 6.07) is 0. The van der Waals surface area contributed by atoms with Gasteiger partial charge in [-0.2, -0.15) is 0 Å². The van der Waals surface area contributed by atoms with Crippen LogP contribution in [0.2, 0.25) is 0 Å². The van der Waals surface area contributed by atoms with Gasteiger partial charge in [-0.1, -0.05) is 0 Å². The highest BCUT2D eigenvalue weighted by molar-refractivity contribution is 7.91. The van der Waals surface area contributed by atoms with Gasteiger partial charge in [-0.3, -0.25) is 0 Å². The van der Waals surface area contributed by atoms with Crippen LogP contribution in [0.4, 0.5) is 4.79 Å². The fourth-order valence-electron chi connectivity index (χ4n) is 3.20. The molecule has 1 unspecified atom stereocenters. The molecule has 0 aliphatic carbocycles. The van der Waals surface area contributed by atoms with E-state index in [0.717, 1.165) is 0 Å². The van der Waals surface area contributed by atoms with Crippen LogP contribution >= 0.6 is 0 Å². The Labute approximate surface area is 178 Å². The number of sulfone groups is 1. The summed E-state index contributed by atoms with van der Waals surface area (Å²) < 4.78 is 43.1. The molecule has 166 valence electrons. The van der Waals surface area contributed by atoms with Crippen molar-refractivity contribution in [3.05, 3.63) is 12.4 Å². The largest absolute Gasteiger partial charge is 0.498 e. The van der Waals surface area contributed by atoms with Crippen molar-refractivity contribution in [2.75, 3.05) is 13.1 Å². The standard InChI is InChI=1S/C19H30BN3O6S/c1-17(2,3)27-16(24)23-9-8-14(12-23)30(25,26)15-21-10-13(11-22-15)20-28-18(4,5)19(6,7)29-20/h10-11,14H,8-9,12H2,1-7H3. The molecule has 1 aromatic rings. The Morgan fingerprint density at radius 3 is 2.20 bits per heavy atom. The van der Waals surface area contributed by atoms with Crippen molar-refractivity contribution >= 4 is 28.5 Å². The maximum Gasteiger partial charge on any atom is 0.498 e. The number of rotatable bonds is 3. The average molecular weight is 439 g/mol. The van der Waals surface area contributed by atoms with Crippen LogP contribution in [-0.2, 0) is 23.9 Å². The molecule has 2 aliphatic heterocycles. The van der Waals surface area contributed by atoms with E-state index >= 15 is 0 Å². The first kappa shape index (κ1) is 23.0. The molecule has 0 saturated carbocycles. The number of hydrogen-bond donors (Lipinski definition) is 0. The molecule has 9 nitrogen and oxygen atoms in total. The van der Waals surface area contributed by atoms with E-state index in [0.29, 0.717) is 18.4 Å². The Balaban J connectivity index is 1.70. The lowest BCUT2D eigenvalue weighted by Crippen LogP contribution is -2.41. The van der Waals surface area contributed by atoms with Crippen molar-refractivity contribution in [1.82, 2.24) is 14.9 Å². The zero-order chi connectivity index (χ0) is 22.5. The number of carbonyl (C=O) groups excluding carboxylic acids is 1. The summed E-state index contributed by atoms with van der Waals surface area (Å²) in [4.78, 5) is 21.8. The average Bonchev–Trinajstić information content (AvgIpc) is 3.17. The quantitative estimate of drug-likeness (QED) is 0.516. The zero-order valence-electron chi connectivity index (χ0n) is 18.6. The summed E-state index contributed by atoms with van der Waals surface area (Å²) >= 11 is 0. The van der Waals surface area contributed by atoms with Gasteiger partial charge in [0, 0.05) is 30.9 Å². The normalized spacial score (nSPS) is 23.6. The number of amides is 1. The Morgan fingerprint density at radius 2 is 1.70 bits per heavy atom. The monoisotopic (exact) mass is 439 g/mol. The van der Waals surface area contributed by atoms with Gasteiger partial charge in [0.15, 0.2) is 0 Å². The summed E-state index contributed by atoms with van der Waals surface area (Å²) in [6.45, 7) is 13.4. The Kier molecular flexibility index (Phi) is 5.71. The lowest BCUT2D eigenvalue weighted by molar-refractivity contribution is 0.00578. The van der Waals surface area contributed by atoms with Crippen molar-refractivity contribution < 1.29 is 27.3 Å². The highest BCUT2D eigenvalue weighted by Crippen LogP contribution is 2.36. The number of likely N-dealkylation sites (tertiary alicyclic amines) is 1. The minimum atomic E-state index is -3.79. The maximum absolute atomic E-state index is 13.0. The molecule has 30 heavy (non-hydrogen) atoms. The molecule has 2 fully saturated rings. The first-order chi connectivity index (χ1) is 13.6. The van der Waals surface area contributed by atoms with Gasteiger partial charge in [0.1, 0.15) is 5.60 Å². The van der Waals surface area contributed by atoms with E-state index in [1.54, 1.807) is 20.8 Å². The molecule has 2 saturated heterocycles. The molecule has 1 aromatic heterocycles. The van der Waals surface area contributed by atoms with Crippen LogP contribution in [-0.4, -0.2) is 71.6 Å². The third-order valence-electron chi connectivity index (χ3n) is 5.66. The molecule has 1 atom stereocenters. The van der Waals surface area contributed by atoms with Crippen LogP contribution in [0.3, 0.4) is 0 Å². The van der Waals surface area contributed by atoms with Crippen molar-refractivity contribution in [2.24, 2.45) is 0 Å². The van der Waals surface area contributed by atoms with E-state index in [9.17, 15) is 13.2 Å². The van der Waals surface area contributed by atoms with E-state index in [4.69, 9.17) is 14.0 Å². The van der Waals surface area contributed by atoms with Crippen LogP contribution in [0.25, 0.3) is 0 Å². The summed E-state index contributed by atoms with van der Waals surface area (Å²) in [5.41, 5.74) is -1.12. The van der Waals surface area contributed by atoms with E-state index in [2.05, 4.69) is 9.97 Å². The molecule has 0 radical (unpaired) electrons. The lowest BCUT2D eigenvalue weighted by atomic mass is 9.81. The highest BCUT2D eigenvalue weighted by Gasteiger charge is 2.52. The SMILES string of the molecule is CC(C)(C)OC(=O)N1CCC(S(=O)(=O)c2ncc(B3OC(C)(C)C(C)(C)O3)cn2)C1. The maximum atomic E-state index is 13.0. The zero-order valence-corrected chi connectivity index (χ0v) is 19.4. The molecule has 3 heterocycles. The van der Waals surface area contributed by atoms with Gasteiger partial charge < -0.3 is 18.9 Å². The van der Waals surface area contributed by atoms with Crippen LogP contribution < -0.4 is 5.46 Å². The topological polar surface area (TPSA) is 108 Å². The molecule has 0 bridgehead atoms. The number of hydrogen-bond acceptors (Lipinski definition) is 8. The first-order valence-electron chi connectivity index (χ1n) is 10.0. The van der Waals surface area contributed by atoms with Gasteiger partial charge in [0.25, 0.3) is 0 Å². The van der Waals surface area contributed by atoms with Gasteiger partial charge in [-0.25, -0.2) is 23.2 Å². The van der Waals surface area contributed by atoms with Gasteiger partial charge >= 0.3 is 13.2 Å². The van der Waals surface area contributed by atoms with Gasteiger partial charge in [0.2, 0.25) is 15.0 Å². The number of ether oxygens (including phenoxy) is 1. The van der Waals surface area contributed by atoms with E-state index < -0.39 is 45.1 Å². The molecule has 0 spiro atoms. The molecule has 0 N–H and O–H groups in total. The predicted octanol–water partition coefficient (Wildman–Crippen LogP) is 1.56. The summed E-state index contributed by atoms with van der Waals surface area (Å²) in [5, 5.41) is -1.04. The van der Waals surface area contributed by atoms with Crippen molar-refractivity contribution in [3.63, 3.8) is 0 Å². The molecular formula is C19H30BN3O6S. The number of aromatic nitrogens is 2. The summed E-state index contributed by atoms with van der Waals surface area (Å²) in [7, 11) is -4.45. The second kappa shape index (κ2) is 7.46. The third kappa shape index (κ3) is 4.47. The number of nitrogens with zero attached hydrogens (tertiary/aromatic N) is 3. The van der Waals surface area contributed by atoms with Crippen molar-refractivity contribution in [1.29, 1.82) is 0 Å². The molecule has 11 heteroatoms. The van der Waals surface area contributed by atoms with E-state index in [1.807, 2.05) is 27.7 Å². The van der Waals surface area contributed by atoms with Crippen LogP contribution in [0, 0.1) is 0 Å². The minimum Gasteiger partial charge on any atom is -0.444 e. The minimum absolute atomic E-state index is 0.0551. The van der Waals surface area contributed by atoms with Crippen LogP contribution in [0.1, 0.15) is 54.9 Å². The van der Waals surface area contributed by atoms with E-state index in [-0.39, 0.29) is 11.7 Å². The van der Waals surface area contributed by atoms with Crippen molar-refractivity contribution in [2.45, 2.75) is 82.1 Å². The van der Waals surface area contributed by atoms with Gasteiger partial charge in [0.05, 0.1) is 16.5 Å². The Morgan fingerprint density at radius 1 is 1.17 bits per heavy atom. The van der Waals surface area contributed by atoms with Crippen LogP contribution in [0.5, 0.6) is 0 Å². The fraction of sp³-hybridized carbons (Fsp3) is 0.737. The first-order valence-corrected chi connectivity index (χ1v) is 11.6. The summed E-state index contributed by atoms with van der Waals surface area (Å²) in [6.07, 6.45) is 2.63. The summed E-state index contributed by atoms with van der Waals surface area (Å²) in [5.74, 6) is 0. The third-order valence-corrected chi connectivity index (χ3v) is 7.65.